The van der Waals surface area contributed by atoms with Crippen molar-refractivity contribution in [3.05, 3.63) is 31.4 Å². The largest absolute Gasteiger partial charge is 0.459 e. The van der Waals surface area contributed by atoms with Crippen LogP contribution in [0.25, 0.3) is 10.9 Å². The summed E-state index contributed by atoms with van der Waals surface area (Å²) in [7, 11) is 0. The Hall–Kier alpha value is -0.730. The standard InChI is InChI=1S/C17H16I2N2O2S/c1-5-17(3,21-10(2)22)16(24-4)23-15-13(19)9-11-7-6-8-12(18)14(11)20-15/h1,6-9,16H,2-4H3,(H,21,22). The Morgan fingerprint density at radius 1 is 1.46 bits per heavy atom. The first-order valence-electron chi connectivity index (χ1n) is 7.01. The van der Waals surface area contributed by atoms with Crippen molar-refractivity contribution in [2.45, 2.75) is 24.8 Å². The average molecular weight is 566 g/mol. The number of carbonyl (C=O) groups excluding carboxylic acids is 1. The molecule has 1 heterocycles. The molecule has 1 aromatic carbocycles. The molecule has 0 radical (unpaired) electrons. The van der Waals surface area contributed by atoms with E-state index in [0.29, 0.717) is 5.88 Å². The molecule has 0 aliphatic carbocycles. The number of hydrogen-bond donors (Lipinski definition) is 1. The minimum absolute atomic E-state index is 0.200. The number of ether oxygens (including phenoxy) is 1. The second-order valence-corrected chi connectivity index (χ2v) is 8.52. The molecule has 2 unspecified atom stereocenters. The van der Waals surface area contributed by atoms with Gasteiger partial charge in [-0.1, -0.05) is 18.1 Å². The fourth-order valence-corrected chi connectivity index (χ4v) is 4.24. The first-order valence-corrected chi connectivity index (χ1v) is 10.5. The maximum absolute atomic E-state index is 11.5. The summed E-state index contributed by atoms with van der Waals surface area (Å²) in [6, 6.07) is 8.05. The number of halogens is 2. The first-order chi connectivity index (χ1) is 11.3. The molecular formula is C17H16I2N2O2S. The molecule has 1 aromatic heterocycles. The van der Waals surface area contributed by atoms with E-state index in [2.05, 4.69) is 61.4 Å². The van der Waals surface area contributed by atoms with Gasteiger partial charge in [-0.15, -0.1) is 18.2 Å². The van der Waals surface area contributed by atoms with E-state index in [4.69, 9.17) is 11.2 Å². The van der Waals surface area contributed by atoms with Crippen LogP contribution in [0, 0.1) is 19.5 Å². The number of thioether (sulfide) groups is 1. The quantitative estimate of drug-likeness (QED) is 0.338. The van der Waals surface area contributed by atoms with Crippen LogP contribution in [0.5, 0.6) is 5.88 Å². The van der Waals surface area contributed by atoms with Crippen LogP contribution in [-0.4, -0.2) is 28.1 Å². The Kier molecular flexibility index (Phi) is 6.61. The predicted octanol–water partition coefficient (Wildman–Crippen LogP) is 4.04. The van der Waals surface area contributed by atoms with Gasteiger partial charge in [-0.2, -0.15) is 0 Å². The van der Waals surface area contributed by atoms with Gasteiger partial charge in [-0.05, 0) is 70.5 Å². The van der Waals surface area contributed by atoms with Crippen LogP contribution in [0.3, 0.4) is 0 Å². The Labute approximate surface area is 173 Å². The number of terminal acetylenes is 1. The van der Waals surface area contributed by atoms with Gasteiger partial charge in [-0.25, -0.2) is 4.98 Å². The van der Waals surface area contributed by atoms with Crippen molar-refractivity contribution in [1.82, 2.24) is 10.3 Å². The highest BCUT2D eigenvalue weighted by Gasteiger charge is 2.35. The molecule has 2 rings (SSSR count). The number of amides is 1. The van der Waals surface area contributed by atoms with Gasteiger partial charge in [0.05, 0.1) is 9.09 Å². The molecule has 0 saturated carbocycles. The fourth-order valence-electron chi connectivity index (χ4n) is 2.23. The summed E-state index contributed by atoms with van der Waals surface area (Å²) in [4.78, 5) is 16.1. The predicted molar refractivity (Wildman–Crippen MR) is 116 cm³/mol. The highest BCUT2D eigenvalue weighted by atomic mass is 127. The summed E-state index contributed by atoms with van der Waals surface area (Å²) in [5.41, 5.74) is -0.518. The minimum Gasteiger partial charge on any atom is -0.459 e. The maximum Gasteiger partial charge on any atom is 0.228 e. The average Bonchev–Trinajstić information content (AvgIpc) is 2.52. The lowest BCUT2D eigenvalue weighted by Crippen LogP contribution is -2.53. The fraction of sp³-hybridized carbons (Fsp3) is 0.294. The Morgan fingerprint density at radius 3 is 2.75 bits per heavy atom. The van der Waals surface area contributed by atoms with Crippen molar-refractivity contribution in [3.63, 3.8) is 0 Å². The van der Waals surface area contributed by atoms with E-state index in [0.717, 1.165) is 18.0 Å². The molecule has 2 atom stereocenters. The van der Waals surface area contributed by atoms with E-state index in [-0.39, 0.29) is 5.91 Å². The van der Waals surface area contributed by atoms with Crippen molar-refractivity contribution in [2.24, 2.45) is 0 Å². The van der Waals surface area contributed by atoms with E-state index in [1.54, 1.807) is 6.92 Å². The third kappa shape index (κ3) is 4.26. The number of rotatable bonds is 5. The second kappa shape index (κ2) is 8.10. The van der Waals surface area contributed by atoms with Gasteiger partial charge in [0.2, 0.25) is 11.8 Å². The van der Waals surface area contributed by atoms with Crippen LogP contribution >= 0.6 is 56.9 Å². The summed E-state index contributed by atoms with van der Waals surface area (Å²) >= 11 is 5.88. The molecule has 2 aromatic rings. The molecular weight excluding hydrogens is 550 g/mol. The van der Waals surface area contributed by atoms with E-state index < -0.39 is 11.0 Å². The maximum atomic E-state index is 11.5. The van der Waals surface area contributed by atoms with Crippen LogP contribution in [0.15, 0.2) is 24.3 Å². The zero-order valence-electron chi connectivity index (χ0n) is 13.4. The van der Waals surface area contributed by atoms with Crippen LogP contribution in [0.1, 0.15) is 13.8 Å². The number of carbonyl (C=O) groups is 1. The van der Waals surface area contributed by atoms with Crippen LogP contribution < -0.4 is 10.1 Å². The zero-order valence-corrected chi connectivity index (χ0v) is 18.5. The number of nitrogens with zero attached hydrogens (tertiary/aromatic N) is 1. The van der Waals surface area contributed by atoms with Crippen molar-refractivity contribution >= 4 is 73.8 Å². The van der Waals surface area contributed by atoms with Gasteiger partial charge in [-0.3, -0.25) is 4.79 Å². The number of nitrogens with one attached hydrogen (secondary N) is 1. The highest BCUT2D eigenvalue weighted by molar-refractivity contribution is 14.1. The van der Waals surface area contributed by atoms with Crippen molar-refractivity contribution in [1.29, 1.82) is 0 Å². The number of pyridine rings is 1. The summed E-state index contributed by atoms with van der Waals surface area (Å²) in [6.45, 7) is 3.21. The van der Waals surface area contributed by atoms with E-state index in [9.17, 15) is 4.79 Å². The topological polar surface area (TPSA) is 51.2 Å². The third-order valence-corrected chi connectivity index (χ3v) is 6.00. The summed E-state index contributed by atoms with van der Waals surface area (Å²) in [5, 5.41) is 3.85. The molecule has 0 fully saturated rings. The van der Waals surface area contributed by atoms with Crippen molar-refractivity contribution in [2.75, 3.05) is 6.26 Å². The summed E-state index contributed by atoms with van der Waals surface area (Å²) in [6.07, 6.45) is 7.55. The number of benzene rings is 1. The number of para-hydroxylation sites is 1. The number of hydrogen-bond acceptors (Lipinski definition) is 4. The molecule has 126 valence electrons. The molecule has 7 heteroatoms. The summed E-state index contributed by atoms with van der Waals surface area (Å²) in [5.74, 6) is 2.95. The molecule has 1 amide bonds. The Morgan fingerprint density at radius 2 is 2.17 bits per heavy atom. The smallest absolute Gasteiger partial charge is 0.228 e. The SMILES string of the molecule is C#CC(C)(NC(C)=O)C(Oc1nc2c(I)cccc2cc1I)SC. The Balaban J connectivity index is 2.42. The highest BCUT2D eigenvalue weighted by Crippen LogP contribution is 2.31. The van der Waals surface area contributed by atoms with Gasteiger partial charge in [0.15, 0.2) is 5.44 Å². The van der Waals surface area contributed by atoms with Gasteiger partial charge in [0, 0.05) is 15.9 Å². The van der Waals surface area contributed by atoms with Crippen LogP contribution in [0.2, 0.25) is 0 Å². The van der Waals surface area contributed by atoms with Gasteiger partial charge < -0.3 is 10.1 Å². The monoisotopic (exact) mass is 566 g/mol. The normalized spacial score (nSPS) is 14.5. The lowest BCUT2D eigenvalue weighted by molar-refractivity contribution is -0.120. The van der Waals surface area contributed by atoms with E-state index >= 15 is 0 Å². The second-order valence-electron chi connectivity index (χ2n) is 5.30. The van der Waals surface area contributed by atoms with Gasteiger partial charge >= 0.3 is 0 Å². The van der Waals surface area contributed by atoms with E-state index in [1.807, 2.05) is 30.5 Å². The molecule has 0 bridgehead atoms. The van der Waals surface area contributed by atoms with Gasteiger partial charge in [0.25, 0.3) is 0 Å². The molecule has 0 spiro atoms. The van der Waals surface area contributed by atoms with E-state index in [1.165, 1.54) is 18.7 Å². The molecule has 24 heavy (non-hydrogen) atoms. The number of aromatic nitrogens is 1. The number of fused-ring (bicyclic) bond motifs is 1. The minimum atomic E-state index is -0.936. The van der Waals surface area contributed by atoms with Crippen LogP contribution in [-0.2, 0) is 4.79 Å². The van der Waals surface area contributed by atoms with Crippen molar-refractivity contribution in [3.8, 4) is 18.2 Å². The first kappa shape index (κ1) is 19.6. The lowest BCUT2D eigenvalue weighted by Gasteiger charge is -2.32. The molecule has 1 N–H and O–H groups in total. The molecule has 4 nitrogen and oxygen atoms in total. The van der Waals surface area contributed by atoms with Crippen molar-refractivity contribution < 1.29 is 9.53 Å². The Bertz CT molecular complexity index is 822. The molecule has 0 aliphatic rings. The summed E-state index contributed by atoms with van der Waals surface area (Å²) < 4.78 is 8.04. The lowest BCUT2D eigenvalue weighted by atomic mass is 10.1. The van der Waals surface area contributed by atoms with Gasteiger partial charge in [0.1, 0.15) is 5.54 Å². The molecule has 0 aliphatic heterocycles. The van der Waals surface area contributed by atoms with Crippen LogP contribution in [0.4, 0.5) is 0 Å². The molecule has 0 saturated heterocycles. The zero-order chi connectivity index (χ0) is 17.9. The third-order valence-electron chi connectivity index (χ3n) is 3.36.